The van der Waals surface area contributed by atoms with Gasteiger partial charge in [0.25, 0.3) is 0 Å². The molecule has 3 unspecified atom stereocenters. The second-order valence-electron chi connectivity index (χ2n) is 4.02. The molecule has 0 aromatic heterocycles. The highest BCUT2D eigenvalue weighted by Crippen LogP contribution is 2.27. The van der Waals surface area contributed by atoms with E-state index < -0.39 is 0 Å². The summed E-state index contributed by atoms with van der Waals surface area (Å²) in [6, 6.07) is 1.58. The van der Waals surface area contributed by atoms with Gasteiger partial charge in [-0.05, 0) is 38.5 Å². The second-order valence-corrected chi connectivity index (χ2v) is 4.02. The molecule has 2 rings (SSSR count). The van der Waals surface area contributed by atoms with Gasteiger partial charge >= 0.3 is 0 Å². The van der Waals surface area contributed by atoms with E-state index in [4.69, 9.17) is 5.84 Å². The summed E-state index contributed by atoms with van der Waals surface area (Å²) in [5.41, 5.74) is 1.54. The lowest BCUT2D eigenvalue weighted by Crippen LogP contribution is -2.45. The molecule has 2 aliphatic rings. The second kappa shape index (κ2) is 2.75. The van der Waals surface area contributed by atoms with Crippen LogP contribution in [-0.2, 0) is 0 Å². The molecule has 0 amide bonds. The number of fused-ring (bicyclic) bond motifs is 1. The number of hydrogen-bond donors (Lipinski definition) is 2. The van der Waals surface area contributed by atoms with Crippen LogP contribution in [-0.4, -0.2) is 23.1 Å². The van der Waals surface area contributed by atoms with E-state index in [0.29, 0.717) is 18.1 Å². The molecule has 2 aliphatic heterocycles. The van der Waals surface area contributed by atoms with Crippen molar-refractivity contribution in [2.24, 2.45) is 5.84 Å². The number of hydrogen-bond acceptors (Lipinski definition) is 3. The van der Waals surface area contributed by atoms with Gasteiger partial charge in [0.2, 0.25) is 0 Å². The van der Waals surface area contributed by atoms with Crippen molar-refractivity contribution in [3.05, 3.63) is 11.8 Å². The molecule has 0 bridgehead atoms. The van der Waals surface area contributed by atoms with Gasteiger partial charge in [-0.1, -0.05) is 0 Å². The molecule has 0 radical (unpaired) electrons. The van der Waals surface area contributed by atoms with Gasteiger partial charge in [0, 0.05) is 12.1 Å². The number of rotatable bonds is 0. The highest BCUT2D eigenvalue weighted by molar-refractivity contribution is 5.23. The fourth-order valence-electron chi connectivity index (χ4n) is 2.08. The Morgan fingerprint density at radius 1 is 1.50 bits per heavy atom. The number of nitrogens with two attached hydrogens (primary N) is 1. The van der Waals surface area contributed by atoms with Gasteiger partial charge in [-0.3, -0.25) is 5.84 Å². The molecule has 0 aliphatic carbocycles. The molecule has 1 saturated heterocycles. The zero-order valence-corrected chi connectivity index (χ0v) is 7.75. The Kier molecular flexibility index (Phi) is 1.85. The van der Waals surface area contributed by atoms with E-state index >= 15 is 0 Å². The predicted molar refractivity (Wildman–Crippen MR) is 49.2 cm³/mol. The van der Waals surface area contributed by atoms with Crippen molar-refractivity contribution in [2.45, 2.75) is 44.8 Å². The summed E-state index contributed by atoms with van der Waals surface area (Å²) in [5, 5.41) is 5.30. The zero-order valence-electron chi connectivity index (χ0n) is 7.75. The summed E-state index contributed by atoms with van der Waals surface area (Å²) < 4.78 is 0. The van der Waals surface area contributed by atoms with Crippen molar-refractivity contribution in [3.8, 4) is 0 Å². The van der Waals surface area contributed by atoms with Crippen LogP contribution < -0.4 is 11.2 Å². The summed E-state index contributed by atoms with van der Waals surface area (Å²) in [4.78, 5) is 0. The molecule has 3 nitrogen and oxygen atoms in total. The summed E-state index contributed by atoms with van der Waals surface area (Å²) >= 11 is 0. The molecule has 3 heteroatoms. The molecule has 3 N–H and O–H groups in total. The van der Waals surface area contributed by atoms with Crippen molar-refractivity contribution < 1.29 is 0 Å². The third kappa shape index (κ3) is 1.13. The van der Waals surface area contributed by atoms with Crippen molar-refractivity contribution >= 4 is 0 Å². The zero-order chi connectivity index (χ0) is 8.72. The summed E-state index contributed by atoms with van der Waals surface area (Å²) in [7, 11) is 0. The number of nitrogens with zero attached hydrogens (tertiary/aromatic N) is 1. The van der Waals surface area contributed by atoms with Gasteiger partial charge in [-0.15, -0.1) is 0 Å². The molecule has 12 heavy (non-hydrogen) atoms. The minimum absolute atomic E-state index is 0.485. The summed E-state index contributed by atoms with van der Waals surface area (Å²) in [5.74, 6) is 5.95. The van der Waals surface area contributed by atoms with Crippen molar-refractivity contribution in [1.82, 2.24) is 10.3 Å². The Labute approximate surface area is 73.6 Å². The van der Waals surface area contributed by atoms with E-state index in [-0.39, 0.29) is 0 Å². The fourth-order valence-corrected chi connectivity index (χ4v) is 2.08. The van der Waals surface area contributed by atoms with Crippen LogP contribution in [0.3, 0.4) is 0 Å². The third-order valence-corrected chi connectivity index (χ3v) is 3.04. The first-order valence-corrected chi connectivity index (χ1v) is 4.66. The van der Waals surface area contributed by atoms with Crippen molar-refractivity contribution in [2.75, 3.05) is 0 Å². The highest BCUT2D eigenvalue weighted by atomic mass is 15.4. The number of nitrogens with one attached hydrogen (secondary N) is 1. The van der Waals surface area contributed by atoms with Crippen LogP contribution in [0.5, 0.6) is 0 Å². The van der Waals surface area contributed by atoms with Crippen LogP contribution in [0.2, 0.25) is 0 Å². The molecule has 3 atom stereocenters. The van der Waals surface area contributed by atoms with E-state index in [2.05, 4.69) is 25.4 Å². The van der Waals surface area contributed by atoms with E-state index in [1.54, 1.807) is 5.57 Å². The first-order valence-electron chi connectivity index (χ1n) is 4.66. The van der Waals surface area contributed by atoms with Gasteiger partial charge < -0.3 is 5.32 Å². The van der Waals surface area contributed by atoms with Crippen LogP contribution in [0.25, 0.3) is 0 Å². The average molecular weight is 167 g/mol. The summed E-state index contributed by atoms with van der Waals surface area (Å²) in [6.45, 7) is 4.39. The van der Waals surface area contributed by atoms with Gasteiger partial charge in [-0.2, -0.15) is 0 Å². The van der Waals surface area contributed by atoms with E-state index in [1.165, 1.54) is 0 Å². The molecule has 1 fully saturated rings. The Hall–Kier alpha value is -0.540. The lowest BCUT2D eigenvalue weighted by Gasteiger charge is -2.28. The van der Waals surface area contributed by atoms with Crippen LogP contribution >= 0.6 is 0 Å². The average Bonchev–Trinajstić information content (AvgIpc) is 2.09. The van der Waals surface area contributed by atoms with Crippen LogP contribution in [0.15, 0.2) is 11.8 Å². The minimum Gasteiger partial charge on any atom is -0.384 e. The molecular weight excluding hydrogens is 150 g/mol. The predicted octanol–water partition coefficient (Wildman–Crippen LogP) is 0.589. The maximum absolute atomic E-state index is 5.95. The normalized spacial score (nSPS) is 41.9. The Morgan fingerprint density at radius 2 is 2.25 bits per heavy atom. The van der Waals surface area contributed by atoms with Crippen molar-refractivity contribution in [1.29, 1.82) is 0 Å². The molecular formula is C9H17N3. The largest absolute Gasteiger partial charge is 0.384 e. The van der Waals surface area contributed by atoms with Crippen molar-refractivity contribution in [3.63, 3.8) is 0 Å². The highest BCUT2D eigenvalue weighted by Gasteiger charge is 2.31. The third-order valence-electron chi connectivity index (χ3n) is 3.04. The van der Waals surface area contributed by atoms with E-state index in [1.807, 2.05) is 5.01 Å². The van der Waals surface area contributed by atoms with E-state index in [9.17, 15) is 0 Å². The standard InChI is InChI=1S/C9H17N3/c1-6-3-8-5-11-9(8)4-7(2)12(6)10/h5-7,9,11H,3-4,10H2,1-2H3. The van der Waals surface area contributed by atoms with Gasteiger partial charge in [-0.25, -0.2) is 5.01 Å². The van der Waals surface area contributed by atoms with Gasteiger partial charge in [0.05, 0.1) is 6.04 Å². The Morgan fingerprint density at radius 3 is 2.83 bits per heavy atom. The minimum atomic E-state index is 0.485. The van der Waals surface area contributed by atoms with Gasteiger partial charge in [0.1, 0.15) is 0 Å². The molecule has 0 spiro atoms. The lowest BCUT2D eigenvalue weighted by molar-refractivity contribution is 0.159. The molecule has 68 valence electrons. The first kappa shape index (κ1) is 8.08. The molecule has 2 heterocycles. The maximum Gasteiger partial charge on any atom is 0.0501 e. The van der Waals surface area contributed by atoms with Crippen LogP contribution in [0.1, 0.15) is 26.7 Å². The van der Waals surface area contributed by atoms with Crippen LogP contribution in [0, 0.1) is 0 Å². The quantitative estimate of drug-likeness (QED) is 0.519. The molecule has 0 aromatic rings. The maximum atomic E-state index is 5.95. The topological polar surface area (TPSA) is 41.3 Å². The Balaban J connectivity index is 2.13. The number of hydrazine groups is 1. The molecule has 0 aromatic carbocycles. The molecule has 0 saturated carbocycles. The monoisotopic (exact) mass is 167 g/mol. The SMILES string of the molecule is CC1CC2=CNC2CC(C)N1N. The van der Waals surface area contributed by atoms with Gasteiger partial charge in [0.15, 0.2) is 0 Å². The van der Waals surface area contributed by atoms with E-state index in [0.717, 1.165) is 12.8 Å². The first-order chi connectivity index (χ1) is 5.68. The Bertz CT molecular complexity index is 212. The van der Waals surface area contributed by atoms with Crippen LogP contribution in [0.4, 0.5) is 0 Å². The summed E-state index contributed by atoms with van der Waals surface area (Å²) in [6.07, 6.45) is 4.40. The lowest BCUT2D eigenvalue weighted by atomic mass is 9.94. The fraction of sp³-hybridized carbons (Fsp3) is 0.778. The smallest absolute Gasteiger partial charge is 0.0501 e.